The summed E-state index contributed by atoms with van der Waals surface area (Å²) in [5, 5.41) is 0. The third-order valence-electron chi connectivity index (χ3n) is 2.40. The molecule has 84 valence electrons. The monoisotopic (exact) mass is 220 g/mol. The molecule has 1 heterocycles. The summed E-state index contributed by atoms with van der Waals surface area (Å²) in [6, 6.07) is 0. The lowest BCUT2D eigenvalue weighted by Crippen LogP contribution is -2.65. The molecular weight excluding hydrogens is 200 g/mol. The van der Waals surface area contributed by atoms with E-state index in [1.165, 1.54) is 0 Å². The highest BCUT2D eigenvalue weighted by Crippen LogP contribution is 2.16. The molecule has 0 aromatic rings. The zero-order valence-electron chi connectivity index (χ0n) is 8.99. The largest absolute Gasteiger partial charge is 0.323 e. The Kier molecular flexibility index (Phi) is 3.55. The van der Waals surface area contributed by atoms with Gasteiger partial charge in [-0.3, -0.25) is 4.90 Å². The average molecular weight is 220 g/mol. The van der Waals surface area contributed by atoms with Gasteiger partial charge in [0.05, 0.1) is 5.75 Å². The van der Waals surface area contributed by atoms with Crippen molar-refractivity contribution in [3.05, 3.63) is 0 Å². The zero-order valence-corrected chi connectivity index (χ0v) is 9.81. The lowest BCUT2D eigenvalue weighted by molar-refractivity contribution is 0.0913. The molecule has 1 fully saturated rings. The molecule has 14 heavy (non-hydrogen) atoms. The number of hydrogen-bond donors (Lipinski definition) is 1. The predicted molar refractivity (Wildman–Crippen MR) is 58.0 cm³/mol. The highest BCUT2D eigenvalue weighted by Gasteiger charge is 2.34. The Hall–Kier alpha value is -0.130. The van der Waals surface area contributed by atoms with Crippen LogP contribution in [-0.4, -0.2) is 50.0 Å². The minimum atomic E-state index is -2.82. The Morgan fingerprint density at radius 1 is 1.36 bits per heavy atom. The summed E-state index contributed by atoms with van der Waals surface area (Å²) in [6.45, 7) is 6.14. The van der Waals surface area contributed by atoms with Crippen LogP contribution >= 0.6 is 0 Å². The maximum atomic E-state index is 11.4. The van der Waals surface area contributed by atoms with E-state index in [1.54, 1.807) is 0 Å². The third-order valence-corrected chi connectivity index (χ3v) is 4.24. The molecule has 5 heteroatoms. The van der Waals surface area contributed by atoms with E-state index in [4.69, 9.17) is 5.73 Å². The van der Waals surface area contributed by atoms with E-state index in [0.717, 1.165) is 13.1 Å². The number of likely N-dealkylation sites (tertiary alicyclic amines) is 1. The Morgan fingerprint density at radius 3 is 2.36 bits per heavy atom. The number of nitrogens with two attached hydrogens (primary N) is 1. The molecule has 0 saturated carbocycles. The molecule has 0 bridgehead atoms. The van der Waals surface area contributed by atoms with Crippen LogP contribution in [0.5, 0.6) is 0 Å². The molecule has 1 aliphatic rings. The molecule has 0 aromatic carbocycles. The van der Waals surface area contributed by atoms with Gasteiger partial charge in [-0.05, 0) is 13.3 Å². The van der Waals surface area contributed by atoms with Gasteiger partial charge in [0.15, 0.2) is 9.84 Å². The number of hydrogen-bond acceptors (Lipinski definition) is 4. The summed E-state index contributed by atoms with van der Waals surface area (Å²) < 4.78 is 22.8. The number of nitrogens with zero attached hydrogens (tertiary/aromatic N) is 1. The summed E-state index contributed by atoms with van der Waals surface area (Å²) in [6.07, 6.45) is 0.705. The lowest BCUT2D eigenvalue weighted by Gasteiger charge is -2.45. The van der Waals surface area contributed by atoms with Crippen LogP contribution in [0.15, 0.2) is 0 Å². The van der Waals surface area contributed by atoms with E-state index in [0.29, 0.717) is 18.7 Å². The van der Waals surface area contributed by atoms with Crippen LogP contribution < -0.4 is 5.73 Å². The number of sulfone groups is 1. The molecule has 0 aromatic heterocycles. The molecule has 0 unspecified atom stereocenters. The van der Waals surface area contributed by atoms with E-state index in [9.17, 15) is 8.42 Å². The van der Waals surface area contributed by atoms with Gasteiger partial charge in [0.1, 0.15) is 0 Å². The van der Waals surface area contributed by atoms with Gasteiger partial charge >= 0.3 is 0 Å². The van der Waals surface area contributed by atoms with Crippen LogP contribution in [0.3, 0.4) is 0 Å². The molecule has 1 rings (SSSR count). The Bertz CT molecular complexity index is 277. The van der Waals surface area contributed by atoms with Crippen molar-refractivity contribution in [2.24, 2.45) is 5.73 Å². The summed E-state index contributed by atoms with van der Waals surface area (Å²) in [7, 11) is -2.82. The lowest BCUT2D eigenvalue weighted by atomic mass is 9.94. The first-order chi connectivity index (χ1) is 6.35. The van der Waals surface area contributed by atoms with E-state index in [1.807, 2.05) is 13.8 Å². The summed E-state index contributed by atoms with van der Waals surface area (Å²) in [4.78, 5) is 2.09. The van der Waals surface area contributed by atoms with Crippen molar-refractivity contribution in [1.82, 2.24) is 4.90 Å². The molecule has 4 nitrogen and oxygen atoms in total. The normalized spacial score (nSPS) is 21.9. The van der Waals surface area contributed by atoms with Crippen molar-refractivity contribution in [1.29, 1.82) is 0 Å². The van der Waals surface area contributed by atoms with Gasteiger partial charge < -0.3 is 5.73 Å². The van der Waals surface area contributed by atoms with Crippen molar-refractivity contribution in [2.75, 3.05) is 31.1 Å². The second kappa shape index (κ2) is 4.16. The first kappa shape index (κ1) is 11.9. The Balaban J connectivity index is 2.23. The first-order valence-corrected chi connectivity index (χ1v) is 6.88. The Labute approximate surface area is 86.4 Å². The first-order valence-electron chi connectivity index (χ1n) is 5.06. The second-order valence-electron chi connectivity index (χ2n) is 4.52. The van der Waals surface area contributed by atoms with Gasteiger partial charge in [0.25, 0.3) is 0 Å². The van der Waals surface area contributed by atoms with E-state index < -0.39 is 9.84 Å². The maximum Gasteiger partial charge on any atom is 0.151 e. The van der Waals surface area contributed by atoms with Gasteiger partial charge in [-0.15, -0.1) is 0 Å². The summed E-state index contributed by atoms with van der Waals surface area (Å²) in [5.74, 6) is 0.581. The van der Waals surface area contributed by atoms with Crippen LogP contribution in [0.4, 0.5) is 0 Å². The topological polar surface area (TPSA) is 63.4 Å². The van der Waals surface area contributed by atoms with Crippen molar-refractivity contribution in [3.8, 4) is 0 Å². The molecule has 0 radical (unpaired) electrons. The highest BCUT2D eigenvalue weighted by molar-refractivity contribution is 7.91. The zero-order chi connectivity index (χ0) is 10.8. The molecule has 2 N–H and O–H groups in total. The van der Waals surface area contributed by atoms with Crippen LogP contribution in [0.2, 0.25) is 0 Å². The standard InChI is InChI=1S/C9H20N2O2S/c1-3-5-14(12,13)6-4-11-7-9(2,10)8-11/h3-8,10H2,1-2H3. The molecule has 0 atom stereocenters. The summed E-state index contributed by atoms with van der Waals surface area (Å²) >= 11 is 0. The quantitative estimate of drug-likeness (QED) is 0.699. The van der Waals surface area contributed by atoms with Crippen molar-refractivity contribution in [2.45, 2.75) is 25.8 Å². The smallest absolute Gasteiger partial charge is 0.151 e. The molecule has 1 aliphatic heterocycles. The highest BCUT2D eigenvalue weighted by atomic mass is 32.2. The van der Waals surface area contributed by atoms with Crippen LogP contribution in [0.25, 0.3) is 0 Å². The minimum absolute atomic E-state index is 0.103. The van der Waals surface area contributed by atoms with Crippen LogP contribution in [0, 0.1) is 0 Å². The van der Waals surface area contributed by atoms with Crippen molar-refractivity contribution < 1.29 is 8.42 Å². The van der Waals surface area contributed by atoms with Crippen LogP contribution in [-0.2, 0) is 9.84 Å². The summed E-state index contributed by atoms with van der Waals surface area (Å²) in [5.41, 5.74) is 5.72. The molecule has 1 saturated heterocycles. The predicted octanol–water partition coefficient (Wildman–Crippen LogP) is -0.156. The molecular formula is C9H20N2O2S. The molecule has 0 aliphatic carbocycles. The SMILES string of the molecule is CCCS(=O)(=O)CCN1CC(C)(N)C1. The average Bonchev–Trinajstić information content (AvgIpc) is 1.96. The molecule has 0 amide bonds. The maximum absolute atomic E-state index is 11.4. The fourth-order valence-corrected chi connectivity index (χ4v) is 3.18. The fourth-order valence-electron chi connectivity index (χ4n) is 1.81. The Morgan fingerprint density at radius 2 is 1.93 bits per heavy atom. The second-order valence-corrected chi connectivity index (χ2v) is 6.82. The van der Waals surface area contributed by atoms with Gasteiger partial charge in [0.2, 0.25) is 0 Å². The minimum Gasteiger partial charge on any atom is -0.323 e. The van der Waals surface area contributed by atoms with Gasteiger partial charge in [0, 0.05) is 30.9 Å². The van der Waals surface area contributed by atoms with Crippen molar-refractivity contribution >= 4 is 9.84 Å². The van der Waals surface area contributed by atoms with E-state index in [-0.39, 0.29) is 11.3 Å². The van der Waals surface area contributed by atoms with Crippen LogP contribution in [0.1, 0.15) is 20.3 Å². The molecule has 0 spiro atoms. The fraction of sp³-hybridized carbons (Fsp3) is 1.00. The van der Waals surface area contributed by atoms with Gasteiger partial charge in [-0.2, -0.15) is 0 Å². The van der Waals surface area contributed by atoms with Gasteiger partial charge in [-0.25, -0.2) is 8.42 Å². The third kappa shape index (κ3) is 3.55. The van der Waals surface area contributed by atoms with Crippen molar-refractivity contribution in [3.63, 3.8) is 0 Å². The van der Waals surface area contributed by atoms with Gasteiger partial charge in [-0.1, -0.05) is 6.92 Å². The van der Waals surface area contributed by atoms with E-state index >= 15 is 0 Å². The van der Waals surface area contributed by atoms with E-state index in [2.05, 4.69) is 4.90 Å². The number of rotatable bonds is 5.